The van der Waals surface area contributed by atoms with Crippen LogP contribution in [0.5, 0.6) is 17.2 Å². The zero-order valence-corrected chi connectivity index (χ0v) is 17.3. The van der Waals surface area contributed by atoms with Gasteiger partial charge in [0.05, 0.1) is 12.2 Å². The van der Waals surface area contributed by atoms with Crippen molar-refractivity contribution in [1.29, 1.82) is 0 Å². The van der Waals surface area contributed by atoms with Gasteiger partial charge in [-0.1, -0.05) is 37.3 Å². The fraction of sp³-hybridized carbons (Fsp3) is 0.200. The molecular weight excluding hydrogens is 396 g/mol. The van der Waals surface area contributed by atoms with Gasteiger partial charge in [-0.05, 0) is 55.0 Å². The SMILES string of the molecule is CCCOc1ccccc1C(=O)Oc1ccc(C(=O)OCCOc2ccccc2)cc1. The largest absolute Gasteiger partial charge is 0.493 e. The molecule has 3 aromatic rings. The third-order valence-electron chi connectivity index (χ3n) is 4.20. The molecule has 0 amide bonds. The van der Waals surface area contributed by atoms with Crippen molar-refractivity contribution in [2.24, 2.45) is 0 Å². The molecule has 6 heteroatoms. The molecule has 0 fully saturated rings. The Bertz CT molecular complexity index is 982. The molecule has 0 bridgehead atoms. The first-order chi connectivity index (χ1) is 15.2. The molecule has 0 spiro atoms. The molecule has 6 nitrogen and oxygen atoms in total. The van der Waals surface area contributed by atoms with Gasteiger partial charge in [0.1, 0.15) is 36.0 Å². The van der Waals surface area contributed by atoms with E-state index < -0.39 is 11.9 Å². The van der Waals surface area contributed by atoms with E-state index in [1.54, 1.807) is 48.5 Å². The predicted octanol–water partition coefficient (Wildman–Crippen LogP) is 4.93. The fourth-order valence-corrected chi connectivity index (χ4v) is 2.69. The monoisotopic (exact) mass is 420 g/mol. The summed E-state index contributed by atoms with van der Waals surface area (Å²) in [4.78, 5) is 24.7. The second kappa shape index (κ2) is 11.4. The van der Waals surface area contributed by atoms with Gasteiger partial charge in [-0.25, -0.2) is 9.59 Å². The number of ether oxygens (including phenoxy) is 4. The van der Waals surface area contributed by atoms with Crippen molar-refractivity contribution >= 4 is 11.9 Å². The molecule has 0 radical (unpaired) electrons. The Morgan fingerprint density at radius 2 is 1.39 bits per heavy atom. The number of benzene rings is 3. The van der Waals surface area contributed by atoms with E-state index in [1.165, 1.54) is 0 Å². The van der Waals surface area contributed by atoms with Gasteiger partial charge in [0.25, 0.3) is 0 Å². The van der Waals surface area contributed by atoms with E-state index in [-0.39, 0.29) is 13.2 Å². The molecule has 0 saturated carbocycles. The summed E-state index contributed by atoms with van der Waals surface area (Å²) < 4.78 is 21.7. The number of esters is 2. The van der Waals surface area contributed by atoms with Crippen LogP contribution in [0, 0.1) is 0 Å². The van der Waals surface area contributed by atoms with Crippen LogP contribution in [0.4, 0.5) is 0 Å². The average molecular weight is 420 g/mol. The second-order valence-electron chi connectivity index (χ2n) is 6.56. The van der Waals surface area contributed by atoms with Crippen LogP contribution in [0.15, 0.2) is 78.9 Å². The topological polar surface area (TPSA) is 71.1 Å². The molecule has 0 saturated heterocycles. The lowest BCUT2D eigenvalue weighted by Crippen LogP contribution is -2.13. The third-order valence-corrected chi connectivity index (χ3v) is 4.20. The molecular formula is C25H24O6. The van der Waals surface area contributed by atoms with E-state index >= 15 is 0 Å². The molecule has 31 heavy (non-hydrogen) atoms. The highest BCUT2D eigenvalue weighted by molar-refractivity contribution is 5.94. The minimum Gasteiger partial charge on any atom is -0.493 e. The van der Waals surface area contributed by atoms with Crippen LogP contribution in [-0.2, 0) is 4.74 Å². The summed E-state index contributed by atoms with van der Waals surface area (Å²) in [5.74, 6) is 0.505. The van der Waals surface area contributed by atoms with Gasteiger partial charge >= 0.3 is 11.9 Å². The molecule has 0 aliphatic carbocycles. The molecule has 0 heterocycles. The molecule has 0 aromatic heterocycles. The number of hydrogen-bond acceptors (Lipinski definition) is 6. The fourth-order valence-electron chi connectivity index (χ4n) is 2.69. The maximum absolute atomic E-state index is 12.5. The molecule has 0 unspecified atom stereocenters. The van der Waals surface area contributed by atoms with E-state index in [1.807, 2.05) is 37.3 Å². The van der Waals surface area contributed by atoms with Gasteiger partial charge in [0.15, 0.2) is 0 Å². The zero-order chi connectivity index (χ0) is 21.9. The predicted molar refractivity (Wildman–Crippen MR) is 116 cm³/mol. The highest BCUT2D eigenvalue weighted by Crippen LogP contribution is 2.21. The molecule has 0 atom stereocenters. The Balaban J connectivity index is 1.50. The highest BCUT2D eigenvalue weighted by Gasteiger charge is 2.15. The molecule has 3 aromatic carbocycles. The van der Waals surface area contributed by atoms with Crippen LogP contribution in [0.2, 0.25) is 0 Å². The first-order valence-electron chi connectivity index (χ1n) is 10.1. The lowest BCUT2D eigenvalue weighted by atomic mass is 10.2. The minimum atomic E-state index is -0.528. The van der Waals surface area contributed by atoms with E-state index in [2.05, 4.69) is 0 Å². The standard InChI is InChI=1S/C25H24O6/c1-2-16-29-23-11-7-6-10-22(23)25(27)31-21-14-12-19(13-15-21)24(26)30-18-17-28-20-8-4-3-5-9-20/h3-15H,2,16-18H2,1H3. The first kappa shape index (κ1) is 21.9. The van der Waals surface area contributed by atoms with Gasteiger partial charge in [0, 0.05) is 0 Å². The van der Waals surface area contributed by atoms with Gasteiger partial charge in [-0.2, -0.15) is 0 Å². The van der Waals surface area contributed by atoms with Crippen LogP contribution in [-0.4, -0.2) is 31.8 Å². The Hall–Kier alpha value is -3.80. The summed E-state index contributed by atoms with van der Waals surface area (Å²) in [6.45, 7) is 2.88. The Labute approximate surface area is 181 Å². The first-order valence-corrected chi connectivity index (χ1v) is 10.1. The van der Waals surface area contributed by atoms with E-state index in [9.17, 15) is 9.59 Å². The van der Waals surface area contributed by atoms with Gasteiger partial charge in [-0.15, -0.1) is 0 Å². The maximum atomic E-state index is 12.5. The van der Waals surface area contributed by atoms with E-state index in [0.717, 1.165) is 6.42 Å². The quantitative estimate of drug-likeness (QED) is 0.263. The number of rotatable bonds is 10. The summed E-state index contributed by atoms with van der Waals surface area (Å²) >= 11 is 0. The summed E-state index contributed by atoms with van der Waals surface area (Å²) in [7, 11) is 0. The maximum Gasteiger partial charge on any atom is 0.347 e. The van der Waals surface area contributed by atoms with E-state index in [0.29, 0.717) is 35.0 Å². The lowest BCUT2D eigenvalue weighted by Gasteiger charge is -2.11. The summed E-state index contributed by atoms with van der Waals surface area (Å²) in [6.07, 6.45) is 0.833. The summed E-state index contributed by atoms with van der Waals surface area (Å²) in [6, 6.07) is 22.4. The van der Waals surface area contributed by atoms with Crippen LogP contribution >= 0.6 is 0 Å². The molecule has 0 aliphatic heterocycles. The Kier molecular flexibility index (Phi) is 8.05. The van der Waals surface area contributed by atoms with Gasteiger partial charge < -0.3 is 18.9 Å². The van der Waals surface area contributed by atoms with Crippen molar-refractivity contribution < 1.29 is 28.5 Å². The molecule has 3 rings (SSSR count). The van der Waals surface area contributed by atoms with Crippen LogP contribution < -0.4 is 14.2 Å². The number of carbonyl (C=O) groups excluding carboxylic acids is 2. The van der Waals surface area contributed by atoms with Crippen molar-refractivity contribution in [3.05, 3.63) is 90.0 Å². The molecule has 160 valence electrons. The number of carbonyl (C=O) groups is 2. The Morgan fingerprint density at radius 1 is 0.677 bits per heavy atom. The van der Waals surface area contributed by atoms with Crippen LogP contribution in [0.25, 0.3) is 0 Å². The minimum absolute atomic E-state index is 0.124. The zero-order valence-electron chi connectivity index (χ0n) is 17.3. The van der Waals surface area contributed by atoms with Crippen LogP contribution in [0.3, 0.4) is 0 Å². The Morgan fingerprint density at radius 3 is 2.13 bits per heavy atom. The van der Waals surface area contributed by atoms with Gasteiger partial charge in [0.2, 0.25) is 0 Å². The molecule has 0 N–H and O–H groups in total. The lowest BCUT2D eigenvalue weighted by molar-refractivity contribution is 0.0450. The molecule has 0 aliphatic rings. The van der Waals surface area contributed by atoms with Crippen LogP contribution in [0.1, 0.15) is 34.1 Å². The second-order valence-corrected chi connectivity index (χ2v) is 6.56. The van der Waals surface area contributed by atoms with Crippen molar-refractivity contribution in [2.45, 2.75) is 13.3 Å². The van der Waals surface area contributed by atoms with Crippen molar-refractivity contribution in [3.8, 4) is 17.2 Å². The number of para-hydroxylation sites is 2. The normalized spacial score (nSPS) is 10.2. The number of hydrogen-bond donors (Lipinski definition) is 0. The van der Waals surface area contributed by atoms with Crippen molar-refractivity contribution in [3.63, 3.8) is 0 Å². The highest BCUT2D eigenvalue weighted by atomic mass is 16.6. The average Bonchev–Trinajstić information content (AvgIpc) is 2.81. The van der Waals surface area contributed by atoms with Gasteiger partial charge in [-0.3, -0.25) is 0 Å². The van der Waals surface area contributed by atoms with E-state index in [4.69, 9.17) is 18.9 Å². The third kappa shape index (κ3) is 6.60. The summed E-state index contributed by atoms with van der Waals surface area (Å²) in [5.41, 5.74) is 0.698. The van der Waals surface area contributed by atoms with Crippen molar-refractivity contribution in [2.75, 3.05) is 19.8 Å². The van der Waals surface area contributed by atoms with Crippen molar-refractivity contribution in [1.82, 2.24) is 0 Å². The smallest absolute Gasteiger partial charge is 0.347 e. The summed E-state index contributed by atoms with van der Waals surface area (Å²) in [5, 5.41) is 0.